The summed E-state index contributed by atoms with van der Waals surface area (Å²) in [5.41, 5.74) is 2.54. The maximum Gasteiger partial charge on any atom is 0.0635 e. The third kappa shape index (κ3) is 4.46. The van der Waals surface area contributed by atoms with Crippen LogP contribution in [-0.4, -0.2) is 19.6 Å². The van der Waals surface area contributed by atoms with Gasteiger partial charge < -0.3 is 10.2 Å². The molecule has 0 radical (unpaired) electrons. The van der Waals surface area contributed by atoms with Crippen molar-refractivity contribution in [1.29, 1.82) is 5.26 Å². The van der Waals surface area contributed by atoms with E-state index >= 15 is 0 Å². The van der Waals surface area contributed by atoms with Crippen LogP contribution in [-0.2, 0) is 6.54 Å². The monoisotopic (exact) mass is 231 g/mol. The van der Waals surface area contributed by atoms with Crippen molar-refractivity contribution in [3.05, 3.63) is 29.8 Å². The van der Waals surface area contributed by atoms with E-state index in [1.807, 2.05) is 0 Å². The average Bonchev–Trinajstić information content (AvgIpc) is 2.38. The summed E-state index contributed by atoms with van der Waals surface area (Å²) in [6.07, 6.45) is 0.567. The first-order valence-corrected chi connectivity index (χ1v) is 6.23. The zero-order valence-corrected chi connectivity index (χ0v) is 10.7. The van der Waals surface area contributed by atoms with Crippen molar-refractivity contribution in [3.8, 4) is 6.07 Å². The summed E-state index contributed by atoms with van der Waals surface area (Å²) in [6, 6.07) is 10.7. The third-order valence-electron chi connectivity index (χ3n) is 2.81. The van der Waals surface area contributed by atoms with Crippen LogP contribution in [0.25, 0.3) is 0 Å². The zero-order valence-electron chi connectivity index (χ0n) is 10.7. The fourth-order valence-corrected chi connectivity index (χ4v) is 1.79. The molecule has 0 bridgehead atoms. The van der Waals surface area contributed by atoms with Crippen molar-refractivity contribution in [3.63, 3.8) is 0 Å². The predicted octanol–water partition coefficient (Wildman–Crippen LogP) is 2.54. The number of nitrogens with zero attached hydrogens (tertiary/aromatic N) is 2. The lowest BCUT2D eigenvalue weighted by Crippen LogP contribution is -2.21. The number of hydrogen-bond acceptors (Lipinski definition) is 3. The van der Waals surface area contributed by atoms with E-state index in [2.05, 4.69) is 54.4 Å². The van der Waals surface area contributed by atoms with E-state index in [1.165, 1.54) is 11.3 Å². The highest BCUT2D eigenvalue weighted by atomic mass is 15.1. The molecule has 0 aliphatic heterocycles. The minimum Gasteiger partial charge on any atom is -0.372 e. The van der Waals surface area contributed by atoms with Gasteiger partial charge in [0.2, 0.25) is 0 Å². The highest BCUT2D eigenvalue weighted by Gasteiger charge is 2.00. The Kier molecular flexibility index (Phi) is 6.13. The second kappa shape index (κ2) is 7.70. The minimum atomic E-state index is 0.567. The lowest BCUT2D eigenvalue weighted by atomic mass is 10.2. The van der Waals surface area contributed by atoms with Crippen molar-refractivity contribution >= 4 is 5.69 Å². The van der Waals surface area contributed by atoms with Crippen LogP contribution in [0.4, 0.5) is 5.69 Å². The van der Waals surface area contributed by atoms with Crippen molar-refractivity contribution in [1.82, 2.24) is 5.32 Å². The molecule has 0 aromatic heterocycles. The lowest BCUT2D eigenvalue weighted by molar-refractivity contribution is 0.699. The minimum absolute atomic E-state index is 0.567. The Labute approximate surface area is 104 Å². The van der Waals surface area contributed by atoms with Gasteiger partial charge in [0, 0.05) is 38.3 Å². The van der Waals surface area contributed by atoms with Gasteiger partial charge in [-0.1, -0.05) is 12.1 Å². The van der Waals surface area contributed by atoms with Crippen LogP contribution in [0.5, 0.6) is 0 Å². The molecule has 3 nitrogen and oxygen atoms in total. The number of benzene rings is 1. The standard InChI is InChI=1S/C14H21N3/c1-3-17(4-2)14-8-6-13(7-9-14)12-16-11-5-10-15/h6-9,16H,3-5,11-12H2,1-2H3. The van der Waals surface area contributed by atoms with Gasteiger partial charge >= 0.3 is 0 Å². The van der Waals surface area contributed by atoms with Crippen LogP contribution in [0.1, 0.15) is 25.8 Å². The van der Waals surface area contributed by atoms with Gasteiger partial charge in [-0.3, -0.25) is 0 Å². The molecule has 17 heavy (non-hydrogen) atoms. The topological polar surface area (TPSA) is 39.1 Å². The van der Waals surface area contributed by atoms with E-state index in [-0.39, 0.29) is 0 Å². The molecule has 0 saturated heterocycles. The van der Waals surface area contributed by atoms with Gasteiger partial charge in [0.15, 0.2) is 0 Å². The summed E-state index contributed by atoms with van der Waals surface area (Å²) in [6.45, 7) is 8.00. The first-order chi connectivity index (χ1) is 8.31. The van der Waals surface area contributed by atoms with E-state index in [4.69, 9.17) is 5.26 Å². The molecule has 0 heterocycles. The Balaban J connectivity index is 2.47. The molecule has 0 unspecified atom stereocenters. The Morgan fingerprint density at radius 2 is 1.82 bits per heavy atom. The van der Waals surface area contributed by atoms with Gasteiger partial charge in [-0.25, -0.2) is 0 Å². The molecule has 0 saturated carbocycles. The molecule has 1 aromatic carbocycles. The van der Waals surface area contributed by atoms with Crippen molar-refractivity contribution in [2.24, 2.45) is 0 Å². The van der Waals surface area contributed by atoms with E-state index in [9.17, 15) is 0 Å². The SMILES string of the molecule is CCN(CC)c1ccc(CNCCC#N)cc1. The molecule has 92 valence electrons. The van der Waals surface area contributed by atoms with Crippen LogP contribution in [0, 0.1) is 11.3 Å². The molecule has 0 aliphatic carbocycles. The van der Waals surface area contributed by atoms with Gasteiger partial charge in [0.05, 0.1) is 6.07 Å². The van der Waals surface area contributed by atoms with Crippen LogP contribution < -0.4 is 10.2 Å². The van der Waals surface area contributed by atoms with E-state index in [1.54, 1.807) is 0 Å². The molecule has 1 aromatic rings. The Morgan fingerprint density at radius 3 is 2.35 bits per heavy atom. The van der Waals surface area contributed by atoms with Crippen molar-refractivity contribution < 1.29 is 0 Å². The number of nitriles is 1. The highest BCUT2D eigenvalue weighted by molar-refractivity contribution is 5.47. The van der Waals surface area contributed by atoms with Crippen molar-refractivity contribution in [2.75, 3.05) is 24.5 Å². The Hall–Kier alpha value is -1.53. The second-order valence-electron chi connectivity index (χ2n) is 3.92. The molecule has 0 aliphatic rings. The van der Waals surface area contributed by atoms with E-state index in [0.29, 0.717) is 6.42 Å². The summed E-state index contributed by atoms with van der Waals surface area (Å²) in [5.74, 6) is 0. The zero-order chi connectivity index (χ0) is 12.5. The van der Waals surface area contributed by atoms with Crippen LogP contribution in [0.3, 0.4) is 0 Å². The smallest absolute Gasteiger partial charge is 0.0635 e. The molecule has 3 heteroatoms. The summed E-state index contributed by atoms with van der Waals surface area (Å²) in [5, 5.41) is 11.7. The second-order valence-corrected chi connectivity index (χ2v) is 3.92. The van der Waals surface area contributed by atoms with Gasteiger partial charge in [0.1, 0.15) is 0 Å². The van der Waals surface area contributed by atoms with Crippen molar-refractivity contribution in [2.45, 2.75) is 26.8 Å². The Bertz CT molecular complexity index is 347. The van der Waals surface area contributed by atoms with Crippen LogP contribution >= 0.6 is 0 Å². The first-order valence-electron chi connectivity index (χ1n) is 6.23. The highest BCUT2D eigenvalue weighted by Crippen LogP contribution is 2.14. The van der Waals surface area contributed by atoms with Gasteiger partial charge in [0.25, 0.3) is 0 Å². The number of anilines is 1. The predicted molar refractivity (Wildman–Crippen MR) is 71.9 cm³/mol. The van der Waals surface area contributed by atoms with Gasteiger partial charge in [-0.15, -0.1) is 0 Å². The molecular weight excluding hydrogens is 210 g/mol. The summed E-state index contributed by atoms with van der Waals surface area (Å²) in [4.78, 5) is 2.33. The molecule has 0 fully saturated rings. The fraction of sp³-hybridized carbons (Fsp3) is 0.500. The number of hydrogen-bond donors (Lipinski definition) is 1. The molecule has 1 rings (SSSR count). The number of rotatable bonds is 7. The molecule has 1 N–H and O–H groups in total. The lowest BCUT2D eigenvalue weighted by Gasteiger charge is -2.21. The Morgan fingerprint density at radius 1 is 1.18 bits per heavy atom. The quantitative estimate of drug-likeness (QED) is 0.733. The normalized spacial score (nSPS) is 9.94. The van der Waals surface area contributed by atoms with E-state index < -0.39 is 0 Å². The summed E-state index contributed by atoms with van der Waals surface area (Å²) in [7, 11) is 0. The maximum absolute atomic E-state index is 8.42. The summed E-state index contributed by atoms with van der Waals surface area (Å²) >= 11 is 0. The van der Waals surface area contributed by atoms with Crippen LogP contribution in [0.15, 0.2) is 24.3 Å². The van der Waals surface area contributed by atoms with Gasteiger partial charge in [-0.05, 0) is 31.5 Å². The molecule has 0 spiro atoms. The van der Waals surface area contributed by atoms with Gasteiger partial charge in [-0.2, -0.15) is 5.26 Å². The largest absolute Gasteiger partial charge is 0.372 e. The van der Waals surface area contributed by atoms with Crippen LogP contribution in [0.2, 0.25) is 0 Å². The average molecular weight is 231 g/mol. The molecular formula is C14H21N3. The molecule has 0 amide bonds. The first kappa shape index (κ1) is 13.5. The summed E-state index contributed by atoms with van der Waals surface area (Å²) < 4.78 is 0. The maximum atomic E-state index is 8.42. The number of nitrogens with one attached hydrogen (secondary N) is 1. The molecule has 0 atom stereocenters. The third-order valence-corrected chi connectivity index (χ3v) is 2.81. The fourth-order valence-electron chi connectivity index (χ4n) is 1.79. The van der Waals surface area contributed by atoms with E-state index in [0.717, 1.165) is 26.2 Å².